The van der Waals surface area contributed by atoms with Gasteiger partial charge in [0, 0.05) is 9.86 Å². The van der Waals surface area contributed by atoms with Crippen LogP contribution in [-0.2, 0) is 0 Å². The number of hydrogen-bond donors (Lipinski definition) is 1. The Kier molecular flexibility index (Phi) is 3.56. The number of pyridine rings is 1. The lowest BCUT2D eigenvalue weighted by Gasteiger charge is -2.11. The van der Waals surface area contributed by atoms with Crippen LogP contribution in [0.2, 0.25) is 0 Å². The van der Waals surface area contributed by atoms with Crippen LogP contribution in [0.1, 0.15) is 31.6 Å². The van der Waals surface area contributed by atoms with Crippen molar-refractivity contribution in [2.45, 2.75) is 25.9 Å². The molecule has 0 radical (unpaired) electrons. The second kappa shape index (κ2) is 4.93. The molecule has 84 valence electrons. The largest absolute Gasteiger partial charge is 0.387 e. The van der Waals surface area contributed by atoms with E-state index >= 15 is 0 Å². The minimum atomic E-state index is -0.482. The highest BCUT2D eigenvalue weighted by molar-refractivity contribution is 9.10. The fourth-order valence-electron chi connectivity index (χ4n) is 1.75. The lowest BCUT2D eigenvalue weighted by atomic mass is 10.1. The zero-order valence-corrected chi connectivity index (χ0v) is 10.7. The van der Waals surface area contributed by atoms with Crippen LogP contribution in [0.3, 0.4) is 0 Å². The van der Waals surface area contributed by atoms with Crippen LogP contribution < -0.4 is 0 Å². The maximum atomic E-state index is 9.97. The topological polar surface area (TPSA) is 33.1 Å². The molecule has 1 heterocycles. The summed E-state index contributed by atoms with van der Waals surface area (Å²) in [5.74, 6) is 0. The van der Waals surface area contributed by atoms with Gasteiger partial charge < -0.3 is 5.11 Å². The molecule has 1 aromatic heterocycles. The Morgan fingerprint density at radius 2 is 2.12 bits per heavy atom. The van der Waals surface area contributed by atoms with Crippen LogP contribution in [0.4, 0.5) is 0 Å². The molecule has 0 saturated heterocycles. The van der Waals surface area contributed by atoms with Crippen molar-refractivity contribution in [3.05, 3.63) is 40.5 Å². The van der Waals surface area contributed by atoms with E-state index in [1.54, 1.807) is 0 Å². The molecule has 1 aromatic carbocycles. The van der Waals surface area contributed by atoms with Crippen molar-refractivity contribution >= 4 is 26.8 Å². The number of aliphatic hydroxyl groups is 1. The zero-order valence-electron chi connectivity index (χ0n) is 9.15. The Labute approximate surface area is 103 Å². The Hall–Kier alpha value is -0.930. The minimum Gasteiger partial charge on any atom is -0.387 e. The molecule has 0 aliphatic heterocycles. The maximum Gasteiger partial charge on any atom is 0.0971 e. The molecule has 3 heteroatoms. The average molecular weight is 280 g/mol. The van der Waals surface area contributed by atoms with E-state index in [1.165, 1.54) is 0 Å². The van der Waals surface area contributed by atoms with Gasteiger partial charge in [-0.3, -0.25) is 0 Å². The van der Waals surface area contributed by atoms with Crippen LogP contribution in [0, 0.1) is 0 Å². The van der Waals surface area contributed by atoms with Crippen LogP contribution in [0.25, 0.3) is 10.9 Å². The van der Waals surface area contributed by atoms with Crippen LogP contribution in [-0.4, -0.2) is 10.1 Å². The van der Waals surface area contributed by atoms with Gasteiger partial charge in [0.05, 0.1) is 17.3 Å². The van der Waals surface area contributed by atoms with Gasteiger partial charge in [-0.15, -0.1) is 0 Å². The van der Waals surface area contributed by atoms with Crippen molar-refractivity contribution in [3.63, 3.8) is 0 Å². The summed E-state index contributed by atoms with van der Waals surface area (Å²) in [6.07, 6.45) is 1.20. The zero-order chi connectivity index (χ0) is 11.5. The molecule has 0 aliphatic carbocycles. The summed E-state index contributed by atoms with van der Waals surface area (Å²) in [5.41, 5.74) is 1.66. The summed E-state index contributed by atoms with van der Waals surface area (Å²) in [6, 6.07) is 9.93. The average Bonchev–Trinajstić information content (AvgIpc) is 2.28. The number of hydrogen-bond acceptors (Lipinski definition) is 2. The molecule has 0 aliphatic rings. The summed E-state index contributed by atoms with van der Waals surface area (Å²) in [7, 11) is 0. The highest BCUT2D eigenvalue weighted by Crippen LogP contribution is 2.27. The van der Waals surface area contributed by atoms with Crippen molar-refractivity contribution in [3.8, 4) is 0 Å². The van der Waals surface area contributed by atoms with Crippen molar-refractivity contribution in [2.75, 3.05) is 0 Å². The molecule has 0 spiro atoms. The fraction of sp³-hybridized carbons (Fsp3) is 0.308. The normalized spacial score (nSPS) is 12.9. The van der Waals surface area contributed by atoms with Gasteiger partial charge in [-0.05, 0) is 34.5 Å². The quantitative estimate of drug-likeness (QED) is 0.926. The van der Waals surface area contributed by atoms with Crippen LogP contribution >= 0.6 is 15.9 Å². The number of fused-ring (bicyclic) bond motifs is 1. The van der Waals surface area contributed by atoms with Gasteiger partial charge in [-0.25, -0.2) is 4.98 Å². The Balaban J connectivity index is 2.49. The standard InChI is InChI=1S/C13H14BrNO/c1-2-5-12(16)13-10(14)8-9-6-3-4-7-11(9)15-13/h3-4,6-8,12,16H,2,5H2,1H3. The molecule has 0 bridgehead atoms. The second-order valence-corrected chi connectivity index (χ2v) is 4.71. The molecule has 2 rings (SSSR count). The van der Waals surface area contributed by atoms with Gasteiger partial charge in [0.15, 0.2) is 0 Å². The molecule has 1 atom stereocenters. The predicted molar refractivity (Wildman–Crippen MR) is 69.3 cm³/mol. The van der Waals surface area contributed by atoms with Gasteiger partial charge >= 0.3 is 0 Å². The SMILES string of the molecule is CCCC(O)c1nc2ccccc2cc1Br. The molecule has 16 heavy (non-hydrogen) atoms. The number of nitrogens with zero attached hydrogens (tertiary/aromatic N) is 1. The van der Waals surface area contributed by atoms with Gasteiger partial charge in [0.1, 0.15) is 0 Å². The van der Waals surface area contributed by atoms with Crippen molar-refractivity contribution < 1.29 is 5.11 Å². The molecule has 0 fully saturated rings. The molecular weight excluding hydrogens is 266 g/mol. The van der Waals surface area contributed by atoms with Gasteiger partial charge in [0.25, 0.3) is 0 Å². The first kappa shape index (κ1) is 11.6. The van der Waals surface area contributed by atoms with Gasteiger partial charge in [-0.2, -0.15) is 0 Å². The van der Waals surface area contributed by atoms with E-state index in [0.29, 0.717) is 0 Å². The Bertz CT molecular complexity index is 498. The number of aromatic nitrogens is 1. The van der Waals surface area contributed by atoms with Crippen molar-refractivity contribution in [2.24, 2.45) is 0 Å². The first-order chi connectivity index (χ1) is 7.72. The smallest absolute Gasteiger partial charge is 0.0971 e. The van der Waals surface area contributed by atoms with E-state index in [4.69, 9.17) is 0 Å². The monoisotopic (exact) mass is 279 g/mol. The van der Waals surface area contributed by atoms with Crippen LogP contribution in [0.5, 0.6) is 0 Å². The van der Waals surface area contributed by atoms with E-state index in [9.17, 15) is 5.11 Å². The van der Waals surface area contributed by atoms with E-state index in [2.05, 4.69) is 27.8 Å². The summed E-state index contributed by atoms with van der Waals surface area (Å²) in [4.78, 5) is 4.50. The highest BCUT2D eigenvalue weighted by Gasteiger charge is 2.12. The number of rotatable bonds is 3. The summed E-state index contributed by atoms with van der Waals surface area (Å²) in [6.45, 7) is 2.05. The number of para-hydroxylation sites is 1. The first-order valence-electron chi connectivity index (χ1n) is 5.45. The Morgan fingerprint density at radius 3 is 2.88 bits per heavy atom. The van der Waals surface area contributed by atoms with Gasteiger partial charge in [0.2, 0.25) is 0 Å². The molecular formula is C13H14BrNO. The Morgan fingerprint density at radius 1 is 1.38 bits per heavy atom. The summed E-state index contributed by atoms with van der Waals surface area (Å²) in [5, 5.41) is 11.1. The van der Waals surface area contributed by atoms with Gasteiger partial charge in [-0.1, -0.05) is 31.5 Å². The fourth-order valence-corrected chi connectivity index (χ4v) is 2.35. The number of halogens is 1. The van der Waals surface area contributed by atoms with E-state index in [1.807, 2.05) is 30.3 Å². The highest BCUT2D eigenvalue weighted by atomic mass is 79.9. The number of aliphatic hydroxyl groups excluding tert-OH is 1. The lowest BCUT2D eigenvalue weighted by molar-refractivity contribution is 0.161. The van der Waals surface area contributed by atoms with Crippen LogP contribution in [0.15, 0.2) is 34.8 Å². The molecule has 2 aromatic rings. The summed E-state index contributed by atoms with van der Waals surface area (Å²) < 4.78 is 0.882. The second-order valence-electron chi connectivity index (χ2n) is 3.85. The van der Waals surface area contributed by atoms with E-state index < -0.39 is 6.10 Å². The third-order valence-electron chi connectivity index (χ3n) is 2.58. The van der Waals surface area contributed by atoms with Crippen molar-refractivity contribution in [1.82, 2.24) is 4.98 Å². The first-order valence-corrected chi connectivity index (χ1v) is 6.25. The molecule has 0 saturated carbocycles. The van der Waals surface area contributed by atoms with E-state index in [0.717, 1.165) is 33.9 Å². The third-order valence-corrected chi connectivity index (χ3v) is 3.22. The maximum absolute atomic E-state index is 9.97. The molecule has 1 N–H and O–H groups in total. The summed E-state index contributed by atoms with van der Waals surface area (Å²) >= 11 is 3.47. The molecule has 0 amide bonds. The molecule has 2 nitrogen and oxygen atoms in total. The molecule has 1 unspecified atom stereocenters. The lowest BCUT2D eigenvalue weighted by Crippen LogP contribution is -2.01. The van der Waals surface area contributed by atoms with E-state index in [-0.39, 0.29) is 0 Å². The number of benzene rings is 1. The predicted octanol–water partition coefficient (Wildman–Crippen LogP) is 3.83. The minimum absolute atomic E-state index is 0.482. The third kappa shape index (κ3) is 2.25. The van der Waals surface area contributed by atoms with Crippen molar-refractivity contribution in [1.29, 1.82) is 0 Å².